The lowest BCUT2D eigenvalue weighted by Gasteiger charge is -2.29. The summed E-state index contributed by atoms with van der Waals surface area (Å²) in [6.07, 6.45) is 3.51. The van der Waals surface area contributed by atoms with Crippen molar-refractivity contribution in [2.45, 2.75) is 0 Å². The summed E-state index contributed by atoms with van der Waals surface area (Å²) in [4.78, 5) is 23.3. The van der Waals surface area contributed by atoms with Gasteiger partial charge in [-0.15, -0.1) is 0 Å². The summed E-state index contributed by atoms with van der Waals surface area (Å²) < 4.78 is 0. The standard InChI is InChI=1S/C19H19N5O/c25-19(17-11-14-3-1-2-4-15(14)12-21-17)23-18-6-5-16(13-22-18)24-9-7-20-8-10-24/h1-6,11-13,20H,7-10H2,(H,22,23,25). The number of nitrogens with zero attached hydrogens (tertiary/aromatic N) is 3. The highest BCUT2D eigenvalue weighted by molar-refractivity contribution is 6.04. The molecule has 1 saturated heterocycles. The van der Waals surface area contributed by atoms with Crippen molar-refractivity contribution < 1.29 is 4.79 Å². The summed E-state index contributed by atoms with van der Waals surface area (Å²) >= 11 is 0. The smallest absolute Gasteiger partial charge is 0.275 e. The number of piperazine rings is 1. The number of hydrogen-bond donors (Lipinski definition) is 2. The number of amides is 1. The molecule has 0 spiro atoms. The maximum absolute atomic E-state index is 12.4. The van der Waals surface area contributed by atoms with Crippen LogP contribution in [0.15, 0.2) is 54.9 Å². The van der Waals surface area contributed by atoms with Gasteiger partial charge in [-0.3, -0.25) is 9.78 Å². The van der Waals surface area contributed by atoms with E-state index in [0.717, 1.165) is 42.6 Å². The first-order valence-corrected chi connectivity index (χ1v) is 8.37. The highest BCUT2D eigenvalue weighted by Gasteiger charge is 2.12. The molecule has 0 atom stereocenters. The largest absolute Gasteiger partial charge is 0.368 e. The zero-order valence-electron chi connectivity index (χ0n) is 13.8. The lowest BCUT2D eigenvalue weighted by molar-refractivity contribution is 0.102. The number of hydrogen-bond acceptors (Lipinski definition) is 5. The molecule has 1 amide bonds. The second kappa shape index (κ2) is 6.86. The number of fused-ring (bicyclic) bond motifs is 1. The van der Waals surface area contributed by atoms with Crippen molar-refractivity contribution in [1.29, 1.82) is 0 Å². The zero-order valence-corrected chi connectivity index (χ0v) is 13.8. The number of anilines is 2. The number of rotatable bonds is 3. The van der Waals surface area contributed by atoms with Crippen LogP contribution >= 0.6 is 0 Å². The number of nitrogens with one attached hydrogen (secondary N) is 2. The van der Waals surface area contributed by atoms with Crippen LogP contribution in [0.1, 0.15) is 10.5 Å². The summed E-state index contributed by atoms with van der Waals surface area (Å²) in [5.41, 5.74) is 1.45. The summed E-state index contributed by atoms with van der Waals surface area (Å²) in [7, 11) is 0. The molecule has 2 N–H and O–H groups in total. The molecule has 3 aromatic rings. The lowest BCUT2D eigenvalue weighted by Crippen LogP contribution is -2.43. The van der Waals surface area contributed by atoms with E-state index in [1.165, 1.54) is 0 Å². The molecule has 6 nitrogen and oxygen atoms in total. The van der Waals surface area contributed by atoms with Crippen molar-refractivity contribution in [2.75, 3.05) is 36.4 Å². The molecule has 6 heteroatoms. The van der Waals surface area contributed by atoms with Gasteiger partial charge in [0.15, 0.2) is 0 Å². The van der Waals surface area contributed by atoms with Crippen LogP contribution in [0.2, 0.25) is 0 Å². The minimum Gasteiger partial charge on any atom is -0.368 e. The molecule has 1 aliphatic heterocycles. The molecular formula is C19H19N5O. The van der Waals surface area contributed by atoms with E-state index in [9.17, 15) is 4.79 Å². The van der Waals surface area contributed by atoms with Crippen molar-refractivity contribution in [3.05, 3.63) is 60.6 Å². The van der Waals surface area contributed by atoms with Gasteiger partial charge in [-0.25, -0.2) is 4.98 Å². The number of carbonyl (C=O) groups excluding carboxylic acids is 1. The average molecular weight is 333 g/mol. The molecule has 1 fully saturated rings. The Kier molecular flexibility index (Phi) is 4.26. The molecule has 0 saturated carbocycles. The Bertz CT molecular complexity index is 888. The third-order valence-electron chi connectivity index (χ3n) is 4.34. The Morgan fingerprint density at radius 1 is 1.00 bits per heavy atom. The topological polar surface area (TPSA) is 70.2 Å². The third-order valence-corrected chi connectivity index (χ3v) is 4.34. The zero-order chi connectivity index (χ0) is 17.1. The van der Waals surface area contributed by atoms with Crippen molar-refractivity contribution in [3.63, 3.8) is 0 Å². The van der Waals surface area contributed by atoms with Crippen LogP contribution in [0.25, 0.3) is 10.8 Å². The van der Waals surface area contributed by atoms with Gasteiger partial charge in [0, 0.05) is 37.8 Å². The molecule has 0 bridgehead atoms. The Morgan fingerprint density at radius 3 is 2.56 bits per heavy atom. The molecule has 1 aromatic carbocycles. The van der Waals surface area contributed by atoms with Gasteiger partial charge in [-0.05, 0) is 23.6 Å². The molecule has 0 radical (unpaired) electrons. The van der Waals surface area contributed by atoms with Gasteiger partial charge in [0.1, 0.15) is 11.5 Å². The van der Waals surface area contributed by atoms with Gasteiger partial charge in [-0.2, -0.15) is 0 Å². The molecular weight excluding hydrogens is 314 g/mol. The molecule has 0 unspecified atom stereocenters. The van der Waals surface area contributed by atoms with Crippen molar-refractivity contribution in [3.8, 4) is 0 Å². The molecule has 3 heterocycles. The van der Waals surface area contributed by atoms with E-state index < -0.39 is 0 Å². The van der Waals surface area contributed by atoms with E-state index in [1.807, 2.05) is 36.4 Å². The first-order chi connectivity index (χ1) is 12.3. The first-order valence-electron chi connectivity index (χ1n) is 8.37. The predicted octanol–water partition coefficient (Wildman–Crippen LogP) is 2.29. The average Bonchev–Trinajstić information content (AvgIpc) is 2.69. The fourth-order valence-corrected chi connectivity index (χ4v) is 2.96. The fraction of sp³-hybridized carbons (Fsp3) is 0.211. The van der Waals surface area contributed by atoms with Crippen LogP contribution in [-0.2, 0) is 0 Å². The summed E-state index contributed by atoms with van der Waals surface area (Å²) in [5, 5.41) is 8.14. The van der Waals surface area contributed by atoms with Crippen molar-refractivity contribution >= 4 is 28.2 Å². The molecule has 4 rings (SSSR count). The minimum absolute atomic E-state index is 0.256. The quantitative estimate of drug-likeness (QED) is 0.770. The van der Waals surface area contributed by atoms with Gasteiger partial charge >= 0.3 is 0 Å². The second-order valence-electron chi connectivity index (χ2n) is 6.01. The van der Waals surface area contributed by atoms with Crippen molar-refractivity contribution in [1.82, 2.24) is 15.3 Å². The number of pyridine rings is 2. The van der Waals surface area contributed by atoms with E-state index in [2.05, 4.69) is 25.5 Å². The van der Waals surface area contributed by atoms with Gasteiger partial charge < -0.3 is 15.5 Å². The van der Waals surface area contributed by atoms with E-state index in [1.54, 1.807) is 18.5 Å². The maximum Gasteiger partial charge on any atom is 0.275 e. The van der Waals surface area contributed by atoms with Crippen LogP contribution in [0, 0.1) is 0 Å². The Labute approximate surface area is 145 Å². The fourth-order valence-electron chi connectivity index (χ4n) is 2.96. The monoisotopic (exact) mass is 333 g/mol. The molecule has 1 aliphatic rings. The van der Waals surface area contributed by atoms with Gasteiger partial charge in [-0.1, -0.05) is 24.3 Å². The Balaban J connectivity index is 1.47. The normalized spacial score (nSPS) is 14.5. The minimum atomic E-state index is -0.256. The summed E-state index contributed by atoms with van der Waals surface area (Å²) in [6.45, 7) is 3.89. The van der Waals surface area contributed by atoms with Crippen LogP contribution in [0.5, 0.6) is 0 Å². The molecule has 0 aliphatic carbocycles. The van der Waals surface area contributed by atoms with E-state index in [-0.39, 0.29) is 5.91 Å². The highest BCUT2D eigenvalue weighted by Crippen LogP contribution is 2.17. The molecule has 25 heavy (non-hydrogen) atoms. The first kappa shape index (κ1) is 15.5. The summed E-state index contributed by atoms with van der Waals surface area (Å²) in [6, 6.07) is 13.4. The number of aromatic nitrogens is 2. The van der Waals surface area contributed by atoms with E-state index in [4.69, 9.17) is 0 Å². The van der Waals surface area contributed by atoms with Crippen LogP contribution in [0.4, 0.5) is 11.5 Å². The van der Waals surface area contributed by atoms with Gasteiger partial charge in [0.2, 0.25) is 0 Å². The number of carbonyl (C=O) groups is 1. The van der Waals surface area contributed by atoms with Crippen LogP contribution in [0.3, 0.4) is 0 Å². The SMILES string of the molecule is O=C(Nc1ccc(N2CCNCC2)cn1)c1cc2ccccc2cn1. The predicted molar refractivity (Wildman–Crippen MR) is 99.0 cm³/mol. The Morgan fingerprint density at radius 2 is 1.80 bits per heavy atom. The lowest BCUT2D eigenvalue weighted by atomic mass is 10.1. The van der Waals surface area contributed by atoms with Crippen LogP contribution in [-0.4, -0.2) is 42.1 Å². The van der Waals surface area contributed by atoms with E-state index >= 15 is 0 Å². The maximum atomic E-state index is 12.4. The third kappa shape index (κ3) is 3.44. The van der Waals surface area contributed by atoms with Crippen LogP contribution < -0.4 is 15.5 Å². The second-order valence-corrected chi connectivity index (χ2v) is 6.01. The van der Waals surface area contributed by atoms with E-state index in [0.29, 0.717) is 11.5 Å². The van der Waals surface area contributed by atoms with Crippen molar-refractivity contribution in [2.24, 2.45) is 0 Å². The van der Waals surface area contributed by atoms with Gasteiger partial charge in [0.25, 0.3) is 5.91 Å². The van der Waals surface area contributed by atoms with Gasteiger partial charge in [0.05, 0.1) is 11.9 Å². The highest BCUT2D eigenvalue weighted by atomic mass is 16.1. The summed E-state index contributed by atoms with van der Waals surface area (Å²) in [5.74, 6) is 0.270. The Hall–Kier alpha value is -2.99. The number of benzene rings is 1. The molecule has 126 valence electrons. The molecule has 2 aromatic heterocycles.